The van der Waals surface area contributed by atoms with Crippen LogP contribution in [0.2, 0.25) is 5.02 Å². The van der Waals surface area contributed by atoms with Crippen LogP contribution in [0.3, 0.4) is 0 Å². The Balaban J connectivity index is 1.94. The second-order valence-corrected chi connectivity index (χ2v) is 5.76. The van der Waals surface area contributed by atoms with E-state index in [1.165, 1.54) is 18.3 Å². The number of benzene rings is 2. The lowest BCUT2D eigenvalue weighted by atomic mass is 10.1. The summed E-state index contributed by atoms with van der Waals surface area (Å²) in [4.78, 5) is 16.7. The molecule has 26 heavy (non-hydrogen) atoms. The first-order valence-corrected chi connectivity index (χ1v) is 7.80. The number of nitrogens with one attached hydrogen (secondary N) is 2. The Bertz CT molecular complexity index is 1020. The van der Waals surface area contributed by atoms with Gasteiger partial charge in [0, 0.05) is 28.2 Å². The average Bonchev–Trinajstić information content (AvgIpc) is 2.64. The lowest BCUT2D eigenvalue weighted by Gasteiger charge is -2.13. The number of hydrazone groups is 1. The number of carbonyl (C=O) groups excluding carboxylic acids is 1. The number of anilines is 1. The first-order chi connectivity index (χ1) is 12.5. The van der Waals surface area contributed by atoms with E-state index in [9.17, 15) is 9.18 Å². The van der Waals surface area contributed by atoms with Crippen molar-refractivity contribution in [1.29, 1.82) is 0 Å². The number of carbonyl (C=O) groups is 1. The third kappa shape index (κ3) is 3.56. The molecule has 9 heteroatoms. The van der Waals surface area contributed by atoms with Gasteiger partial charge in [-0.05, 0) is 36.4 Å². The predicted molar refractivity (Wildman–Crippen MR) is 99.2 cm³/mol. The second-order valence-electron chi connectivity index (χ2n) is 5.33. The quantitative estimate of drug-likeness (QED) is 0.243. The number of aromatic nitrogens is 1. The van der Waals surface area contributed by atoms with Crippen molar-refractivity contribution in [2.75, 3.05) is 5.32 Å². The van der Waals surface area contributed by atoms with Gasteiger partial charge in [-0.15, -0.1) is 0 Å². The Kier molecular flexibility index (Phi) is 4.97. The van der Waals surface area contributed by atoms with Gasteiger partial charge in [0.25, 0.3) is 5.91 Å². The lowest BCUT2D eigenvalue weighted by Crippen LogP contribution is -2.33. The van der Waals surface area contributed by atoms with Gasteiger partial charge in [-0.1, -0.05) is 11.6 Å². The average molecular weight is 373 g/mol. The number of hydrogen-bond donors (Lipinski definition) is 4. The van der Waals surface area contributed by atoms with Crippen LogP contribution in [-0.4, -0.2) is 16.7 Å². The summed E-state index contributed by atoms with van der Waals surface area (Å²) in [6.07, 6.45) is 1.37. The number of nitrogens with zero attached hydrogens (tertiary/aromatic N) is 2. The summed E-state index contributed by atoms with van der Waals surface area (Å²) in [7, 11) is 0. The smallest absolute Gasteiger partial charge is 0.257 e. The third-order valence-electron chi connectivity index (χ3n) is 3.66. The number of hydrogen-bond acceptors (Lipinski definition) is 5. The van der Waals surface area contributed by atoms with Crippen molar-refractivity contribution in [1.82, 2.24) is 10.4 Å². The Morgan fingerprint density at radius 2 is 2.00 bits per heavy atom. The number of hydrazine groups is 1. The molecule has 0 aliphatic carbocycles. The molecule has 1 amide bonds. The van der Waals surface area contributed by atoms with E-state index < -0.39 is 11.7 Å². The van der Waals surface area contributed by atoms with Gasteiger partial charge in [-0.3, -0.25) is 9.78 Å². The zero-order valence-electron chi connectivity index (χ0n) is 13.3. The molecule has 1 heterocycles. The van der Waals surface area contributed by atoms with E-state index in [1.807, 2.05) is 0 Å². The van der Waals surface area contributed by atoms with E-state index in [2.05, 4.69) is 20.8 Å². The highest BCUT2D eigenvalue weighted by molar-refractivity contribution is 6.31. The molecule has 0 saturated heterocycles. The Labute approximate surface area is 152 Å². The molecule has 132 valence electrons. The zero-order chi connectivity index (χ0) is 18.7. The van der Waals surface area contributed by atoms with Gasteiger partial charge in [0.05, 0.1) is 16.8 Å². The number of pyridine rings is 1. The molecule has 0 bridgehead atoms. The minimum Gasteiger partial charge on any atom is -0.321 e. The summed E-state index contributed by atoms with van der Waals surface area (Å²) >= 11 is 5.99. The van der Waals surface area contributed by atoms with Gasteiger partial charge in [0.2, 0.25) is 0 Å². The van der Waals surface area contributed by atoms with Gasteiger partial charge >= 0.3 is 0 Å². The summed E-state index contributed by atoms with van der Waals surface area (Å²) in [6.45, 7) is 0. The van der Waals surface area contributed by atoms with E-state index in [0.717, 1.165) is 0 Å². The number of amides is 1. The SMILES string of the molecule is N/N=C(\NN)c1cc(Cl)ccc1NC(=O)c1cnc2cc(F)ccc2c1. The minimum absolute atomic E-state index is 0.148. The largest absolute Gasteiger partial charge is 0.321 e. The van der Waals surface area contributed by atoms with E-state index in [4.69, 9.17) is 23.3 Å². The van der Waals surface area contributed by atoms with Crippen molar-refractivity contribution < 1.29 is 9.18 Å². The van der Waals surface area contributed by atoms with E-state index in [1.54, 1.807) is 30.3 Å². The maximum absolute atomic E-state index is 13.2. The summed E-state index contributed by atoms with van der Waals surface area (Å²) in [5, 5.41) is 7.33. The molecule has 2 aromatic carbocycles. The second kappa shape index (κ2) is 7.34. The molecular weight excluding hydrogens is 359 g/mol. The van der Waals surface area contributed by atoms with Crippen LogP contribution in [0, 0.1) is 5.82 Å². The molecule has 0 aliphatic rings. The van der Waals surface area contributed by atoms with Crippen molar-refractivity contribution >= 4 is 39.9 Å². The number of halogens is 2. The molecule has 0 aliphatic heterocycles. The zero-order valence-corrected chi connectivity index (χ0v) is 14.1. The number of amidine groups is 1. The Morgan fingerprint density at radius 1 is 1.19 bits per heavy atom. The first-order valence-electron chi connectivity index (χ1n) is 7.43. The normalized spacial score (nSPS) is 11.4. The van der Waals surface area contributed by atoms with Crippen molar-refractivity contribution in [3.63, 3.8) is 0 Å². The van der Waals surface area contributed by atoms with Gasteiger partial charge < -0.3 is 16.6 Å². The molecule has 3 rings (SSSR count). The fourth-order valence-electron chi connectivity index (χ4n) is 2.42. The highest BCUT2D eigenvalue weighted by atomic mass is 35.5. The van der Waals surface area contributed by atoms with Crippen LogP contribution in [0.25, 0.3) is 10.9 Å². The Morgan fingerprint density at radius 3 is 2.73 bits per heavy atom. The van der Waals surface area contributed by atoms with Crippen LogP contribution in [0.5, 0.6) is 0 Å². The van der Waals surface area contributed by atoms with E-state index in [0.29, 0.717) is 32.7 Å². The summed E-state index contributed by atoms with van der Waals surface area (Å²) < 4.78 is 13.2. The van der Waals surface area contributed by atoms with Gasteiger partial charge in [-0.25, -0.2) is 10.2 Å². The van der Waals surface area contributed by atoms with Crippen LogP contribution in [-0.2, 0) is 0 Å². The molecular formula is C17H14ClFN6O. The molecule has 0 fully saturated rings. The van der Waals surface area contributed by atoms with E-state index >= 15 is 0 Å². The summed E-state index contributed by atoms with van der Waals surface area (Å²) in [5.41, 5.74) is 3.93. The van der Waals surface area contributed by atoms with Crippen LogP contribution in [0.4, 0.5) is 10.1 Å². The van der Waals surface area contributed by atoms with E-state index in [-0.39, 0.29) is 5.84 Å². The number of rotatable bonds is 3. The first kappa shape index (κ1) is 17.6. The Hall–Kier alpha value is -3.23. The fraction of sp³-hybridized carbons (Fsp3) is 0. The van der Waals surface area contributed by atoms with Gasteiger partial charge in [-0.2, -0.15) is 5.10 Å². The molecule has 0 radical (unpaired) electrons. The highest BCUT2D eigenvalue weighted by Gasteiger charge is 2.14. The maximum Gasteiger partial charge on any atom is 0.257 e. The van der Waals surface area contributed by atoms with Crippen LogP contribution in [0.15, 0.2) is 53.8 Å². The van der Waals surface area contributed by atoms with Crippen LogP contribution >= 0.6 is 11.6 Å². The van der Waals surface area contributed by atoms with Crippen molar-refractivity contribution in [3.8, 4) is 0 Å². The molecule has 0 spiro atoms. The molecule has 6 N–H and O–H groups in total. The molecule has 0 atom stereocenters. The topological polar surface area (TPSA) is 118 Å². The summed E-state index contributed by atoms with van der Waals surface area (Å²) in [6, 6.07) is 10.5. The third-order valence-corrected chi connectivity index (χ3v) is 3.89. The molecule has 3 aromatic rings. The molecule has 0 unspecified atom stereocenters. The molecule has 0 saturated carbocycles. The van der Waals surface area contributed by atoms with Gasteiger partial charge in [0.15, 0.2) is 5.84 Å². The fourth-order valence-corrected chi connectivity index (χ4v) is 2.59. The number of fused-ring (bicyclic) bond motifs is 1. The van der Waals surface area contributed by atoms with Crippen molar-refractivity contribution in [3.05, 3.63) is 70.6 Å². The minimum atomic E-state index is -0.416. The van der Waals surface area contributed by atoms with Gasteiger partial charge in [0.1, 0.15) is 5.82 Å². The predicted octanol–water partition coefficient (Wildman–Crippen LogP) is 2.36. The maximum atomic E-state index is 13.2. The summed E-state index contributed by atoms with van der Waals surface area (Å²) in [5.74, 6) is 10.0. The number of nitrogens with two attached hydrogens (primary N) is 2. The van der Waals surface area contributed by atoms with Crippen molar-refractivity contribution in [2.45, 2.75) is 0 Å². The monoisotopic (exact) mass is 372 g/mol. The lowest BCUT2D eigenvalue weighted by molar-refractivity contribution is 0.102. The van der Waals surface area contributed by atoms with Crippen LogP contribution in [0.1, 0.15) is 15.9 Å². The molecule has 1 aromatic heterocycles. The van der Waals surface area contributed by atoms with Crippen molar-refractivity contribution in [2.24, 2.45) is 16.8 Å². The molecule has 7 nitrogen and oxygen atoms in total. The standard InChI is InChI=1S/C17H14ClFN6O/c18-11-2-4-14(13(6-11)16(24-20)25-21)23-17(26)10-5-9-1-3-12(19)7-15(9)22-8-10/h1-8H,20-21H2,(H,23,26)(H,24,25). The van der Waals surface area contributed by atoms with Crippen LogP contribution < -0.4 is 22.4 Å². The highest BCUT2D eigenvalue weighted by Crippen LogP contribution is 2.22.